The lowest BCUT2D eigenvalue weighted by molar-refractivity contribution is 0.0691. The molecule has 3 aromatic carbocycles. The van der Waals surface area contributed by atoms with E-state index in [2.05, 4.69) is 17.1 Å². The molecule has 12 heteroatoms. The van der Waals surface area contributed by atoms with Crippen LogP contribution in [0, 0.1) is 17.6 Å². The summed E-state index contributed by atoms with van der Waals surface area (Å²) in [5, 5.41) is 21.5. The Bertz CT molecular complexity index is 2120. The number of aryl methyl sites for hydroxylation is 2. The maximum absolute atomic E-state index is 15.4. The number of thiazole rings is 1. The monoisotopic (exact) mass is 660 g/mol. The van der Waals surface area contributed by atoms with Crippen LogP contribution in [-0.4, -0.2) is 34.3 Å². The van der Waals surface area contributed by atoms with Crippen LogP contribution in [0.15, 0.2) is 64.9 Å². The minimum absolute atomic E-state index is 0.104. The maximum atomic E-state index is 15.4. The number of carboxylic acids is 1. The van der Waals surface area contributed by atoms with Crippen LogP contribution in [0.25, 0.3) is 27.5 Å². The molecule has 0 unspecified atom stereocenters. The highest BCUT2D eigenvalue weighted by atomic mass is 32.2. The van der Waals surface area contributed by atoms with Crippen LogP contribution in [-0.2, 0) is 35.7 Å². The second-order valence-electron chi connectivity index (χ2n) is 12.0. The average molecular weight is 661 g/mol. The third-order valence-electron chi connectivity index (χ3n) is 8.74. The highest BCUT2D eigenvalue weighted by Gasteiger charge is 2.30. The van der Waals surface area contributed by atoms with Crippen LogP contribution in [0.5, 0.6) is 0 Å². The molecule has 1 fully saturated rings. The zero-order valence-corrected chi connectivity index (χ0v) is 26.3. The molecule has 3 N–H and O–H groups in total. The van der Waals surface area contributed by atoms with Gasteiger partial charge in [0.2, 0.25) is 15.2 Å². The number of fused-ring (bicyclic) bond motifs is 1. The number of benzene rings is 3. The van der Waals surface area contributed by atoms with Gasteiger partial charge in [0.25, 0.3) is 0 Å². The molecule has 0 atom stereocenters. The lowest BCUT2D eigenvalue weighted by Crippen LogP contribution is -2.14. The van der Waals surface area contributed by atoms with E-state index in [4.69, 9.17) is 10.2 Å². The predicted molar refractivity (Wildman–Crippen MR) is 171 cm³/mol. The van der Waals surface area contributed by atoms with Gasteiger partial charge < -0.3 is 5.11 Å². The first kappa shape index (κ1) is 30.4. The Balaban J connectivity index is 1.39. The van der Waals surface area contributed by atoms with Gasteiger partial charge in [-0.25, -0.2) is 36.8 Å². The van der Waals surface area contributed by atoms with Crippen molar-refractivity contribution in [1.82, 2.24) is 14.8 Å². The van der Waals surface area contributed by atoms with E-state index in [1.54, 1.807) is 16.8 Å². The molecule has 0 bridgehead atoms. The molecule has 0 radical (unpaired) electrons. The third kappa shape index (κ3) is 6.00. The number of rotatable bonds is 9. The normalized spacial score (nSPS) is 14.8. The Labute approximate surface area is 268 Å². The molecule has 2 aromatic heterocycles. The number of carboxylic acid groups (broad SMARTS) is 1. The van der Waals surface area contributed by atoms with Crippen LogP contribution < -0.4 is 5.14 Å². The van der Waals surface area contributed by atoms with Crippen molar-refractivity contribution in [1.29, 1.82) is 0 Å². The summed E-state index contributed by atoms with van der Waals surface area (Å²) in [6.07, 6.45) is 7.07. The van der Waals surface area contributed by atoms with Crippen molar-refractivity contribution in [3.05, 3.63) is 105 Å². The van der Waals surface area contributed by atoms with Gasteiger partial charge in [-0.15, -0.1) is 11.3 Å². The number of sulfonamides is 1. The van der Waals surface area contributed by atoms with Gasteiger partial charge in [-0.3, -0.25) is 0 Å². The fourth-order valence-electron chi connectivity index (χ4n) is 6.21. The number of nitrogens with zero attached hydrogens (tertiary/aromatic N) is 3. The smallest absolute Gasteiger partial charge is 0.355 e. The SMILES string of the molecule is NS(=O)(=O)c1ccc(Cc2c(-c3ccc(F)c(-c4ccc5c(c4)CCCC5)c3)nn(-c3nc(C(=O)O)cs3)c2CC2CC2)cc1F. The van der Waals surface area contributed by atoms with E-state index in [9.17, 15) is 22.7 Å². The molecule has 7 rings (SSSR count). The standard InChI is InChI=1S/C34H30F2N4O4S2/c35-27-11-10-24(17-25(27)23-9-8-21-3-1-2-4-22(21)16-23)32-26(13-20-7-12-31(28(36)14-20)46(37,43)44)30(15-19-5-6-19)40(39-32)34-38-29(18-45-34)33(41)42/h7-12,14,16-19H,1-6,13,15H2,(H,41,42)(H2,37,43,44). The predicted octanol–water partition coefficient (Wildman–Crippen LogP) is 6.71. The van der Waals surface area contributed by atoms with Gasteiger partial charge >= 0.3 is 5.97 Å². The molecule has 2 aliphatic carbocycles. The van der Waals surface area contributed by atoms with Crippen molar-refractivity contribution in [3.8, 4) is 27.5 Å². The van der Waals surface area contributed by atoms with Crippen molar-refractivity contribution in [2.24, 2.45) is 11.1 Å². The zero-order chi connectivity index (χ0) is 32.2. The van der Waals surface area contributed by atoms with E-state index in [0.717, 1.165) is 78.8 Å². The number of hydrogen-bond acceptors (Lipinski definition) is 6. The minimum Gasteiger partial charge on any atom is -0.476 e. The summed E-state index contributed by atoms with van der Waals surface area (Å²) in [5.74, 6) is -2.09. The van der Waals surface area contributed by atoms with Crippen LogP contribution in [0.4, 0.5) is 8.78 Å². The lowest BCUT2D eigenvalue weighted by atomic mass is 9.88. The molecule has 0 spiro atoms. The summed E-state index contributed by atoms with van der Waals surface area (Å²) < 4.78 is 55.8. The van der Waals surface area contributed by atoms with Crippen LogP contribution in [0.1, 0.15) is 64.1 Å². The van der Waals surface area contributed by atoms with E-state index < -0.39 is 26.7 Å². The van der Waals surface area contributed by atoms with Gasteiger partial charge in [-0.2, -0.15) is 5.10 Å². The molecule has 0 amide bonds. The maximum Gasteiger partial charge on any atom is 0.355 e. The summed E-state index contributed by atoms with van der Waals surface area (Å²) in [7, 11) is -4.25. The summed E-state index contributed by atoms with van der Waals surface area (Å²) in [5.41, 5.74) is 6.80. The highest BCUT2D eigenvalue weighted by Crippen LogP contribution is 2.39. The Morgan fingerprint density at radius 1 is 0.978 bits per heavy atom. The van der Waals surface area contributed by atoms with E-state index in [1.165, 1.54) is 28.6 Å². The number of aromatic nitrogens is 3. The Morgan fingerprint density at radius 2 is 1.74 bits per heavy atom. The first-order valence-electron chi connectivity index (χ1n) is 15.1. The molecule has 5 aromatic rings. The second kappa shape index (κ2) is 11.8. The highest BCUT2D eigenvalue weighted by molar-refractivity contribution is 7.89. The molecular formula is C34H30F2N4O4S2. The Hall–Kier alpha value is -4.26. The molecule has 0 saturated heterocycles. The number of hydrogen-bond donors (Lipinski definition) is 2. The molecule has 236 valence electrons. The second-order valence-corrected chi connectivity index (χ2v) is 14.4. The zero-order valence-electron chi connectivity index (χ0n) is 24.7. The minimum atomic E-state index is -4.25. The molecule has 8 nitrogen and oxygen atoms in total. The van der Waals surface area contributed by atoms with Crippen molar-refractivity contribution in [2.45, 2.75) is 56.3 Å². The molecule has 46 heavy (non-hydrogen) atoms. The van der Waals surface area contributed by atoms with Crippen molar-refractivity contribution >= 4 is 27.3 Å². The number of carbonyl (C=O) groups is 1. The van der Waals surface area contributed by atoms with E-state index >= 15 is 4.39 Å². The van der Waals surface area contributed by atoms with Gasteiger partial charge in [0.1, 0.15) is 16.5 Å². The van der Waals surface area contributed by atoms with Gasteiger partial charge in [0.15, 0.2) is 5.69 Å². The number of primary sulfonamides is 1. The topological polar surface area (TPSA) is 128 Å². The number of aromatic carboxylic acids is 1. The third-order valence-corrected chi connectivity index (χ3v) is 10.5. The summed E-state index contributed by atoms with van der Waals surface area (Å²) in [6, 6.07) is 14.7. The fourth-order valence-corrected chi connectivity index (χ4v) is 7.57. The van der Waals surface area contributed by atoms with Crippen LogP contribution in [0.3, 0.4) is 0 Å². The molecule has 0 aliphatic heterocycles. The van der Waals surface area contributed by atoms with E-state index in [-0.39, 0.29) is 17.9 Å². The lowest BCUT2D eigenvalue weighted by Gasteiger charge is -2.17. The first-order chi connectivity index (χ1) is 22.0. The van der Waals surface area contributed by atoms with E-state index in [1.807, 2.05) is 6.07 Å². The number of halogens is 2. The summed E-state index contributed by atoms with van der Waals surface area (Å²) in [6.45, 7) is 0. The van der Waals surface area contributed by atoms with Crippen LogP contribution >= 0.6 is 11.3 Å². The largest absolute Gasteiger partial charge is 0.476 e. The van der Waals surface area contributed by atoms with Gasteiger partial charge in [0.05, 0.1) is 11.4 Å². The van der Waals surface area contributed by atoms with Gasteiger partial charge in [-0.1, -0.05) is 24.3 Å². The molecule has 2 aliphatic rings. The van der Waals surface area contributed by atoms with Crippen molar-refractivity contribution in [2.75, 3.05) is 0 Å². The van der Waals surface area contributed by atoms with Crippen molar-refractivity contribution < 1.29 is 27.1 Å². The fraction of sp³-hybridized carbons (Fsp3) is 0.265. The van der Waals surface area contributed by atoms with Crippen molar-refractivity contribution in [3.63, 3.8) is 0 Å². The van der Waals surface area contributed by atoms with Gasteiger partial charge in [-0.05, 0) is 103 Å². The summed E-state index contributed by atoms with van der Waals surface area (Å²) >= 11 is 1.15. The molecule has 2 heterocycles. The first-order valence-corrected chi connectivity index (χ1v) is 17.5. The van der Waals surface area contributed by atoms with Gasteiger partial charge in [0, 0.05) is 28.5 Å². The molecular weight excluding hydrogens is 631 g/mol. The average Bonchev–Trinajstić information content (AvgIpc) is 3.58. The number of nitrogens with two attached hydrogens (primary N) is 1. The van der Waals surface area contributed by atoms with E-state index in [0.29, 0.717) is 39.9 Å². The van der Waals surface area contributed by atoms with Crippen LogP contribution in [0.2, 0.25) is 0 Å². The Morgan fingerprint density at radius 3 is 2.43 bits per heavy atom. The summed E-state index contributed by atoms with van der Waals surface area (Å²) in [4.78, 5) is 15.4. The Kier molecular flexibility index (Phi) is 7.82. The quantitative estimate of drug-likeness (QED) is 0.181. The molecule has 1 saturated carbocycles.